The minimum atomic E-state index is -1.43. The van der Waals surface area contributed by atoms with Crippen molar-refractivity contribution in [1.29, 1.82) is 0 Å². The number of pyridine rings is 1. The van der Waals surface area contributed by atoms with Gasteiger partial charge < -0.3 is 40.3 Å². The second-order valence-electron chi connectivity index (χ2n) is 17.2. The van der Waals surface area contributed by atoms with E-state index in [1.165, 1.54) is 47.4 Å². The van der Waals surface area contributed by atoms with E-state index in [0.29, 0.717) is 42.8 Å². The number of ether oxygens (including phenoxy) is 1. The van der Waals surface area contributed by atoms with Crippen LogP contribution in [0.25, 0.3) is 0 Å². The summed E-state index contributed by atoms with van der Waals surface area (Å²) in [6, 6.07) is 6.53. The zero-order valence-electron chi connectivity index (χ0n) is 37.6. The number of phenolic OH excluding ortho intramolecular Hbond substituents is 1. The molecule has 0 aliphatic carbocycles. The molecular formula is C48H62N6O11. The number of hydroxylamine groups is 2. The van der Waals surface area contributed by atoms with Crippen LogP contribution in [0.5, 0.6) is 11.6 Å². The van der Waals surface area contributed by atoms with Crippen molar-refractivity contribution in [2.24, 2.45) is 17.8 Å². The van der Waals surface area contributed by atoms with Crippen LogP contribution in [-0.2, 0) is 46.3 Å². The molecule has 0 spiro atoms. The van der Waals surface area contributed by atoms with Crippen LogP contribution in [0.2, 0.25) is 0 Å². The van der Waals surface area contributed by atoms with Crippen molar-refractivity contribution in [2.75, 3.05) is 13.1 Å². The summed E-state index contributed by atoms with van der Waals surface area (Å²) >= 11 is 0. The summed E-state index contributed by atoms with van der Waals surface area (Å²) in [7, 11) is 0. The molecule has 65 heavy (non-hydrogen) atoms. The van der Waals surface area contributed by atoms with Gasteiger partial charge in [0.2, 0.25) is 17.7 Å². The molecule has 0 saturated carbocycles. The molecule has 1 unspecified atom stereocenters. The number of Topliss-reactive ketones (excluding diaryl/α,β-unsaturated/α-hetero) is 1. The fraction of sp³-hybridized carbons (Fsp3) is 0.479. The number of aromatic hydroxyl groups is 1. The predicted molar refractivity (Wildman–Crippen MR) is 239 cm³/mol. The second-order valence-corrected chi connectivity index (χ2v) is 17.2. The molecule has 1 aromatic heterocycles. The number of allylic oxidation sites excluding steroid dienone is 4. The number of nitrogens with one attached hydrogen (secondary N) is 3. The summed E-state index contributed by atoms with van der Waals surface area (Å²) in [6.45, 7) is 8.61. The lowest BCUT2D eigenvalue weighted by atomic mass is 9.84. The Morgan fingerprint density at radius 3 is 2.54 bits per heavy atom. The summed E-state index contributed by atoms with van der Waals surface area (Å²) in [5.74, 6) is -5.52. The molecule has 1 fully saturated rings. The molecule has 4 amide bonds. The first-order valence-corrected chi connectivity index (χ1v) is 22.2. The van der Waals surface area contributed by atoms with Crippen LogP contribution in [0.1, 0.15) is 77.8 Å². The van der Waals surface area contributed by atoms with E-state index in [1.54, 1.807) is 76.4 Å². The van der Waals surface area contributed by atoms with Gasteiger partial charge in [-0.1, -0.05) is 75.4 Å². The van der Waals surface area contributed by atoms with Gasteiger partial charge in [0.15, 0.2) is 0 Å². The molecule has 4 heterocycles. The number of aliphatic hydroxyl groups excluding tert-OH is 2. The number of esters is 1. The normalized spacial score (nSPS) is 27.6. The third-order valence-electron chi connectivity index (χ3n) is 11.7. The van der Waals surface area contributed by atoms with Gasteiger partial charge in [0.25, 0.3) is 11.8 Å². The SMILES string of the molecule is CC(=O)CC[C@H]1C(=O)N[C@@H](C(C)C)C(=O)N[C@@H](Cc2cccc(O)c2)C(=O)N2CCCC(N2)C(=O)O[C@H](/C(C)=C/C=C/C(=O)N2CCc3cccnc3O2)C/C=C/C=C/[C@H](O)[C@H](C)[C@H]1O. The smallest absolute Gasteiger partial charge is 0.325 e. The lowest BCUT2D eigenvalue weighted by molar-refractivity contribution is -0.156. The molecule has 3 aliphatic rings. The number of nitrogens with zero attached hydrogens (tertiary/aromatic N) is 3. The minimum absolute atomic E-state index is 0.0370. The number of hydrogen-bond acceptors (Lipinski definition) is 13. The van der Waals surface area contributed by atoms with Gasteiger partial charge in [-0.3, -0.25) is 29.0 Å². The molecule has 8 atom stereocenters. The molecular weight excluding hydrogens is 837 g/mol. The number of cyclic esters (lactones) is 1. The van der Waals surface area contributed by atoms with Crippen molar-refractivity contribution in [2.45, 2.75) is 116 Å². The van der Waals surface area contributed by atoms with Crippen molar-refractivity contribution in [3.8, 4) is 11.6 Å². The van der Waals surface area contributed by atoms with Crippen LogP contribution in [-0.4, -0.2) is 115 Å². The maximum absolute atomic E-state index is 14.4. The van der Waals surface area contributed by atoms with E-state index in [2.05, 4.69) is 21.0 Å². The van der Waals surface area contributed by atoms with E-state index < -0.39 is 83.8 Å². The Morgan fingerprint density at radius 1 is 1.02 bits per heavy atom. The molecule has 2 bridgehead atoms. The maximum atomic E-state index is 14.4. The topological polar surface area (TPSA) is 237 Å². The van der Waals surface area contributed by atoms with E-state index in [1.807, 2.05) is 6.07 Å². The minimum Gasteiger partial charge on any atom is -0.508 e. The second kappa shape index (κ2) is 23.7. The van der Waals surface area contributed by atoms with E-state index in [9.17, 15) is 44.1 Å². The summed E-state index contributed by atoms with van der Waals surface area (Å²) in [6.07, 6.45) is 10.3. The van der Waals surface area contributed by atoms with E-state index in [-0.39, 0.29) is 43.8 Å². The number of ketones is 1. The number of carbonyl (C=O) groups excluding carboxylic acids is 6. The van der Waals surface area contributed by atoms with Crippen molar-refractivity contribution < 1.29 is 53.7 Å². The zero-order chi connectivity index (χ0) is 47.2. The van der Waals surface area contributed by atoms with Crippen LogP contribution in [0.15, 0.2) is 90.7 Å². The van der Waals surface area contributed by atoms with E-state index >= 15 is 0 Å². The third kappa shape index (κ3) is 14.2. The monoisotopic (exact) mass is 898 g/mol. The first-order chi connectivity index (χ1) is 31.0. The van der Waals surface area contributed by atoms with Crippen LogP contribution < -0.4 is 20.9 Å². The molecule has 350 valence electrons. The zero-order valence-corrected chi connectivity index (χ0v) is 37.6. The lowest BCUT2D eigenvalue weighted by Gasteiger charge is -2.36. The lowest BCUT2D eigenvalue weighted by Crippen LogP contribution is -2.62. The van der Waals surface area contributed by atoms with Crippen molar-refractivity contribution >= 4 is 35.4 Å². The molecule has 2 aromatic rings. The summed E-state index contributed by atoms with van der Waals surface area (Å²) in [5.41, 5.74) is 5.01. The van der Waals surface area contributed by atoms with Gasteiger partial charge in [0.1, 0.15) is 35.8 Å². The molecule has 3 aliphatic heterocycles. The van der Waals surface area contributed by atoms with Gasteiger partial charge in [0, 0.05) is 49.6 Å². The molecule has 1 aromatic carbocycles. The number of hydrazine groups is 1. The molecule has 17 nitrogen and oxygen atoms in total. The largest absolute Gasteiger partial charge is 0.508 e. The average molecular weight is 899 g/mol. The first-order valence-electron chi connectivity index (χ1n) is 22.2. The Hall–Kier alpha value is -6.17. The van der Waals surface area contributed by atoms with Crippen molar-refractivity contribution in [3.05, 3.63) is 102 Å². The standard InChI is InChI=1S/C48H62N6O11/c1-29(2)42-45(61)50-38(28-33-14-10-16-35(56)27-33)47(62)53-25-12-17-37(52-53)48(63)64-40(30(3)13-9-20-41(58)54-26-23-34-15-11-24-49-46(34)65-54)19-8-6-7-18-39(57)32(5)43(59)36(44(60)51-42)22-21-31(4)55/h6-11,13-16,18,20,24,27,29,32,36-40,42-43,52,56-57,59H,12,17,19,21-23,25-26,28H2,1-5H3,(H,50,61)(H,51,60)/b8-6+,18-7+,20-9+,30-13+/t32-,36+,37?,38-,39-,40-,42-,43+/m0/s1. The Bertz CT molecular complexity index is 2150. The highest BCUT2D eigenvalue weighted by atomic mass is 16.7. The van der Waals surface area contributed by atoms with Gasteiger partial charge >= 0.3 is 5.97 Å². The summed E-state index contributed by atoms with van der Waals surface area (Å²) in [4.78, 5) is 91.4. The predicted octanol–water partition coefficient (Wildman–Crippen LogP) is 3.10. The number of phenols is 1. The highest BCUT2D eigenvalue weighted by Crippen LogP contribution is 2.25. The number of amides is 4. The maximum Gasteiger partial charge on any atom is 0.325 e. The Kier molecular flexibility index (Phi) is 18.1. The van der Waals surface area contributed by atoms with Crippen LogP contribution >= 0.6 is 0 Å². The number of aliphatic hydroxyl groups is 2. The number of rotatable bonds is 9. The van der Waals surface area contributed by atoms with Gasteiger partial charge in [-0.2, -0.15) is 5.06 Å². The number of benzene rings is 1. The highest BCUT2D eigenvalue weighted by Gasteiger charge is 2.39. The third-order valence-corrected chi connectivity index (χ3v) is 11.7. The van der Waals surface area contributed by atoms with Gasteiger partial charge in [-0.25, -0.2) is 10.4 Å². The van der Waals surface area contributed by atoms with Gasteiger partial charge in [0.05, 0.1) is 24.7 Å². The average Bonchev–Trinajstić information content (AvgIpc) is 3.28. The molecule has 6 N–H and O–H groups in total. The Morgan fingerprint density at radius 2 is 1.80 bits per heavy atom. The quantitative estimate of drug-likeness (QED) is 0.121. The first kappa shape index (κ1) is 49.8. The van der Waals surface area contributed by atoms with Crippen molar-refractivity contribution in [1.82, 2.24) is 31.1 Å². The fourth-order valence-electron chi connectivity index (χ4n) is 7.74. The number of carbonyl (C=O) groups is 6. The van der Waals surface area contributed by atoms with Crippen molar-refractivity contribution in [3.63, 3.8) is 0 Å². The van der Waals surface area contributed by atoms with E-state index in [4.69, 9.17) is 9.57 Å². The van der Waals surface area contributed by atoms with Gasteiger partial charge in [-0.05, 0) is 74.8 Å². The van der Waals surface area contributed by atoms with Gasteiger partial charge in [-0.15, -0.1) is 0 Å². The molecule has 17 heteroatoms. The van der Waals surface area contributed by atoms with Crippen LogP contribution in [0, 0.1) is 17.8 Å². The Labute approximate surface area is 379 Å². The highest BCUT2D eigenvalue weighted by molar-refractivity contribution is 5.93. The fourth-order valence-corrected chi connectivity index (χ4v) is 7.74. The number of hydrogen-bond donors (Lipinski definition) is 6. The van der Waals surface area contributed by atoms with Crippen LogP contribution in [0.4, 0.5) is 0 Å². The van der Waals surface area contributed by atoms with E-state index in [0.717, 1.165) is 5.56 Å². The van der Waals surface area contributed by atoms with Crippen LogP contribution in [0.3, 0.4) is 0 Å². The summed E-state index contributed by atoms with van der Waals surface area (Å²) < 4.78 is 6.08. The number of fused-ring (bicyclic) bond motifs is 3. The summed E-state index contributed by atoms with van der Waals surface area (Å²) in [5, 5.41) is 40.9. The number of aromatic nitrogens is 1. The molecule has 1 saturated heterocycles. The molecule has 5 rings (SSSR count). The molecule has 0 radical (unpaired) electrons. The Balaban J connectivity index is 1.45.